The molecule has 1 aliphatic rings. The molecule has 0 bridgehead atoms. The molecule has 0 aliphatic heterocycles. The second-order valence-corrected chi connectivity index (χ2v) is 8.21. The zero-order valence-electron chi connectivity index (χ0n) is 17.8. The van der Waals surface area contributed by atoms with E-state index in [0.29, 0.717) is 12.8 Å². The number of fused-ring (bicyclic) bond motifs is 1. The second kappa shape index (κ2) is 9.67. The van der Waals surface area contributed by atoms with Crippen LogP contribution in [0.5, 0.6) is 17.2 Å². The van der Waals surface area contributed by atoms with Crippen molar-refractivity contribution in [2.24, 2.45) is 5.92 Å². The number of alkyl halides is 3. The van der Waals surface area contributed by atoms with Crippen LogP contribution in [0.4, 0.5) is 13.2 Å². The zero-order chi connectivity index (χ0) is 25.3. The third kappa shape index (κ3) is 5.63. The van der Waals surface area contributed by atoms with Crippen molar-refractivity contribution in [3.05, 3.63) is 51.6 Å². The molecule has 0 radical (unpaired) electrons. The molecule has 0 saturated heterocycles. The van der Waals surface area contributed by atoms with Gasteiger partial charge in [-0.05, 0) is 31.0 Å². The minimum absolute atomic E-state index is 0.0234. The molecule has 1 aromatic heterocycles. The molecule has 0 spiro atoms. The van der Waals surface area contributed by atoms with Crippen LogP contribution in [0.25, 0.3) is 22.3 Å². The number of hydrogen-bond donors (Lipinski definition) is 2. The number of carboxylic acids is 1. The fraction of sp³-hybridized carbons (Fsp3) is 0.304. The van der Waals surface area contributed by atoms with Crippen LogP contribution in [0.15, 0.2) is 45.6 Å². The predicted molar refractivity (Wildman–Crippen MR) is 117 cm³/mol. The van der Waals surface area contributed by atoms with Crippen molar-refractivity contribution < 1.29 is 46.8 Å². The Hall–Kier alpha value is -3.44. The van der Waals surface area contributed by atoms with Crippen molar-refractivity contribution in [3.63, 3.8) is 0 Å². The highest BCUT2D eigenvalue weighted by molar-refractivity contribution is 6.34. The topological polar surface area (TPSA) is 115 Å². The van der Waals surface area contributed by atoms with Gasteiger partial charge in [-0.2, -0.15) is 0 Å². The summed E-state index contributed by atoms with van der Waals surface area (Å²) in [5.74, 6) is -3.39. The first kappa shape index (κ1) is 24.7. The van der Waals surface area contributed by atoms with Gasteiger partial charge in [0.1, 0.15) is 18.1 Å². The largest absolute Gasteiger partial charge is 0.573 e. The molecule has 1 aliphatic carbocycles. The van der Waals surface area contributed by atoms with E-state index < -0.39 is 35.2 Å². The lowest BCUT2D eigenvalue weighted by Crippen LogP contribution is -2.37. The molecule has 3 aromatic rings. The third-order valence-corrected chi connectivity index (χ3v) is 5.70. The summed E-state index contributed by atoms with van der Waals surface area (Å²) in [5, 5.41) is 19.3. The van der Waals surface area contributed by atoms with Crippen molar-refractivity contribution >= 4 is 28.5 Å². The molecular weight excluding hydrogens is 497 g/mol. The summed E-state index contributed by atoms with van der Waals surface area (Å²) in [6.07, 6.45) is -4.59. The third-order valence-electron chi connectivity index (χ3n) is 5.40. The maximum atomic E-state index is 12.8. The number of benzene rings is 2. The van der Waals surface area contributed by atoms with Crippen molar-refractivity contribution in [2.75, 3.05) is 13.2 Å². The standard InChI is InChI=1S/C23H18ClF3O8/c24-15-3-1-2-13-16(28)9-19(34-21(13)15)14-8-20(35-23(25,26)27)17(29)10-18(14)33-5-4-32-12-6-11(7-12)22(30)31/h1-3,8-12,29H,4-7H2,(H,30,31). The van der Waals surface area contributed by atoms with Crippen LogP contribution < -0.4 is 14.9 Å². The first-order chi connectivity index (χ1) is 16.5. The number of phenolic OH excluding ortho intramolecular Hbond substituents is 1. The van der Waals surface area contributed by atoms with E-state index in [0.717, 1.165) is 18.2 Å². The Kier molecular flexibility index (Phi) is 6.82. The number of aromatic hydroxyl groups is 1. The van der Waals surface area contributed by atoms with Gasteiger partial charge in [-0.15, -0.1) is 13.2 Å². The normalized spacial score (nSPS) is 17.7. The van der Waals surface area contributed by atoms with E-state index in [9.17, 15) is 27.9 Å². The van der Waals surface area contributed by atoms with Gasteiger partial charge < -0.3 is 28.8 Å². The predicted octanol–water partition coefficient (Wildman–Crippen LogP) is 4.98. The minimum Gasteiger partial charge on any atom is -0.504 e. The van der Waals surface area contributed by atoms with Crippen molar-refractivity contribution in [1.82, 2.24) is 0 Å². The Morgan fingerprint density at radius 1 is 1.14 bits per heavy atom. The number of carbonyl (C=O) groups is 1. The van der Waals surface area contributed by atoms with Gasteiger partial charge in [0.15, 0.2) is 22.5 Å². The molecule has 1 saturated carbocycles. The van der Waals surface area contributed by atoms with Crippen LogP contribution >= 0.6 is 11.6 Å². The monoisotopic (exact) mass is 514 g/mol. The van der Waals surface area contributed by atoms with Gasteiger partial charge in [0.25, 0.3) is 0 Å². The van der Waals surface area contributed by atoms with E-state index >= 15 is 0 Å². The Labute approximate surface area is 200 Å². The Morgan fingerprint density at radius 2 is 1.89 bits per heavy atom. The summed E-state index contributed by atoms with van der Waals surface area (Å²) in [4.78, 5) is 23.4. The molecule has 2 N–H and O–H groups in total. The first-order valence-corrected chi connectivity index (χ1v) is 10.7. The molecular formula is C23H18ClF3O8. The molecule has 1 fully saturated rings. The molecule has 1 heterocycles. The summed E-state index contributed by atoms with van der Waals surface area (Å²) < 4.78 is 59.2. The van der Waals surface area contributed by atoms with Crippen molar-refractivity contribution in [1.29, 1.82) is 0 Å². The van der Waals surface area contributed by atoms with Gasteiger partial charge in [0.05, 0.1) is 34.6 Å². The van der Waals surface area contributed by atoms with Gasteiger partial charge in [0, 0.05) is 12.1 Å². The number of para-hydroxylation sites is 1. The van der Waals surface area contributed by atoms with E-state index in [-0.39, 0.29) is 52.4 Å². The van der Waals surface area contributed by atoms with E-state index in [1.54, 1.807) is 6.07 Å². The summed E-state index contributed by atoms with van der Waals surface area (Å²) >= 11 is 6.12. The zero-order valence-corrected chi connectivity index (χ0v) is 18.6. The maximum Gasteiger partial charge on any atom is 0.573 e. The van der Waals surface area contributed by atoms with Gasteiger partial charge in [-0.1, -0.05) is 17.7 Å². The number of aliphatic carboxylic acids is 1. The average Bonchev–Trinajstić information content (AvgIpc) is 2.73. The molecule has 8 nitrogen and oxygen atoms in total. The Morgan fingerprint density at radius 3 is 2.57 bits per heavy atom. The van der Waals surface area contributed by atoms with Gasteiger partial charge in [0.2, 0.25) is 0 Å². The fourth-order valence-corrected chi connectivity index (χ4v) is 3.83. The average molecular weight is 515 g/mol. The number of hydrogen-bond acceptors (Lipinski definition) is 7. The highest BCUT2D eigenvalue weighted by atomic mass is 35.5. The van der Waals surface area contributed by atoms with Gasteiger partial charge in [-0.25, -0.2) is 0 Å². The van der Waals surface area contributed by atoms with E-state index in [4.69, 9.17) is 30.6 Å². The lowest BCUT2D eigenvalue weighted by Gasteiger charge is -2.32. The lowest BCUT2D eigenvalue weighted by atomic mass is 9.82. The van der Waals surface area contributed by atoms with Crippen LogP contribution in [-0.2, 0) is 9.53 Å². The Bertz CT molecular complexity index is 1310. The van der Waals surface area contributed by atoms with Crippen LogP contribution in [-0.4, -0.2) is 41.9 Å². The highest BCUT2D eigenvalue weighted by Crippen LogP contribution is 2.42. The smallest absolute Gasteiger partial charge is 0.504 e. The molecule has 2 aromatic carbocycles. The van der Waals surface area contributed by atoms with Gasteiger partial charge in [-0.3, -0.25) is 9.59 Å². The minimum atomic E-state index is -5.09. The quantitative estimate of drug-likeness (QED) is 0.405. The lowest BCUT2D eigenvalue weighted by molar-refractivity contribution is -0.275. The fourth-order valence-electron chi connectivity index (χ4n) is 3.61. The highest BCUT2D eigenvalue weighted by Gasteiger charge is 2.35. The SMILES string of the molecule is O=C(O)C1CC(OCCOc2cc(O)c(OC(F)(F)F)cc2-c2cc(=O)c3cccc(Cl)c3o2)C1. The number of halogens is 4. The summed E-state index contributed by atoms with van der Waals surface area (Å²) in [6, 6.07) is 7.31. The molecule has 186 valence electrons. The molecule has 12 heteroatoms. The van der Waals surface area contributed by atoms with E-state index in [1.807, 2.05) is 0 Å². The van der Waals surface area contributed by atoms with Crippen molar-refractivity contribution in [3.8, 4) is 28.6 Å². The summed E-state index contributed by atoms with van der Waals surface area (Å²) in [5.41, 5.74) is -0.576. The Balaban J connectivity index is 1.62. The summed E-state index contributed by atoms with van der Waals surface area (Å²) in [7, 11) is 0. The first-order valence-electron chi connectivity index (χ1n) is 10.3. The van der Waals surface area contributed by atoms with Crippen LogP contribution in [0.1, 0.15) is 12.8 Å². The molecule has 35 heavy (non-hydrogen) atoms. The number of ether oxygens (including phenoxy) is 3. The maximum absolute atomic E-state index is 12.8. The molecule has 0 unspecified atom stereocenters. The summed E-state index contributed by atoms with van der Waals surface area (Å²) in [6.45, 7) is -0.0375. The van der Waals surface area contributed by atoms with Crippen molar-refractivity contribution in [2.45, 2.75) is 25.3 Å². The number of phenols is 1. The number of rotatable bonds is 8. The second-order valence-electron chi connectivity index (χ2n) is 7.80. The van der Waals surface area contributed by atoms with E-state index in [1.165, 1.54) is 12.1 Å². The van der Waals surface area contributed by atoms with E-state index in [2.05, 4.69) is 4.74 Å². The van der Waals surface area contributed by atoms with Crippen LogP contribution in [0, 0.1) is 5.92 Å². The molecule has 4 rings (SSSR count). The van der Waals surface area contributed by atoms with Crippen LogP contribution in [0.2, 0.25) is 5.02 Å². The van der Waals surface area contributed by atoms with Crippen LogP contribution in [0.3, 0.4) is 0 Å². The molecule has 0 amide bonds. The molecule has 0 atom stereocenters. The number of carboxylic acid groups (broad SMARTS) is 1. The van der Waals surface area contributed by atoms with Gasteiger partial charge >= 0.3 is 12.3 Å².